The van der Waals surface area contributed by atoms with Crippen LogP contribution in [-0.2, 0) is 17.8 Å². The number of hydrogen-bond donors (Lipinski definition) is 1. The predicted molar refractivity (Wildman–Crippen MR) is 109 cm³/mol. The van der Waals surface area contributed by atoms with Crippen LogP contribution in [0.3, 0.4) is 0 Å². The molecule has 1 spiro atoms. The molecule has 0 aliphatic carbocycles. The number of benzene rings is 1. The first kappa shape index (κ1) is 18.0. The van der Waals surface area contributed by atoms with E-state index in [1.54, 1.807) is 6.20 Å². The van der Waals surface area contributed by atoms with Crippen molar-refractivity contribution in [2.45, 2.75) is 58.1 Å². The number of nitrogens with zero attached hydrogens (tertiary/aromatic N) is 2. The van der Waals surface area contributed by atoms with E-state index in [0.29, 0.717) is 5.41 Å². The Balaban J connectivity index is 1.17. The third-order valence-corrected chi connectivity index (χ3v) is 7.11. The zero-order valence-corrected chi connectivity index (χ0v) is 17.1. The molecule has 2 fully saturated rings. The van der Waals surface area contributed by atoms with Crippen LogP contribution in [0.15, 0.2) is 30.1 Å². The molecule has 28 heavy (non-hydrogen) atoms. The van der Waals surface area contributed by atoms with Crippen molar-refractivity contribution in [3.05, 3.63) is 41.2 Å². The Bertz CT molecular complexity index is 811. The van der Waals surface area contributed by atoms with Gasteiger partial charge in [0, 0.05) is 37.8 Å². The molecular weight excluding hydrogens is 350 g/mol. The molecular formula is C23H31N3O2. The van der Waals surface area contributed by atoms with Crippen molar-refractivity contribution in [3.63, 3.8) is 0 Å². The highest BCUT2D eigenvalue weighted by atomic mass is 16.5. The van der Waals surface area contributed by atoms with Gasteiger partial charge in [-0.2, -0.15) is 0 Å². The number of piperidine rings is 2. The molecule has 150 valence electrons. The molecule has 1 N–H and O–H groups in total. The minimum Gasteiger partial charge on any atom is -0.487 e. The van der Waals surface area contributed by atoms with Gasteiger partial charge in [0.05, 0.1) is 0 Å². The lowest BCUT2D eigenvalue weighted by atomic mass is 9.71. The van der Waals surface area contributed by atoms with E-state index in [-0.39, 0.29) is 11.5 Å². The van der Waals surface area contributed by atoms with Gasteiger partial charge in [-0.25, -0.2) is 0 Å². The molecule has 2 saturated heterocycles. The predicted octanol–water partition coefficient (Wildman–Crippen LogP) is 3.05. The lowest BCUT2D eigenvalue weighted by Gasteiger charge is -2.46. The number of rotatable bonds is 3. The van der Waals surface area contributed by atoms with Gasteiger partial charge in [-0.15, -0.1) is 0 Å². The van der Waals surface area contributed by atoms with Crippen LogP contribution < -0.4 is 10.1 Å². The number of likely N-dealkylation sites (tertiary alicyclic amines) is 2. The summed E-state index contributed by atoms with van der Waals surface area (Å²) in [6.45, 7) is 9.45. The highest BCUT2D eigenvalue weighted by Crippen LogP contribution is 2.43. The second-order valence-electron chi connectivity index (χ2n) is 9.71. The van der Waals surface area contributed by atoms with Crippen LogP contribution in [0.4, 0.5) is 0 Å². The lowest BCUT2D eigenvalue weighted by Crippen LogP contribution is -2.48. The van der Waals surface area contributed by atoms with Gasteiger partial charge in [0.2, 0.25) is 0 Å². The van der Waals surface area contributed by atoms with Crippen molar-refractivity contribution in [1.29, 1.82) is 0 Å². The third-order valence-electron chi connectivity index (χ3n) is 7.11. The van der Waals surface area contributed by atoms with Crippen molar-refractivity contribution in [2.24, 2.45) is 5.41 Å². The zero-order valence-electron chi connectivity index (χ0n) is 17.1. The maximum Gasteiger partial charge on any atom is 0.271 e. The fourth-order valence-electron chi connectivity index (χ4n) is 5.24. The number of fused-ring (bicyclic) bond motifs is 1. The molecule has 1 aromatic carbocycles. The molecule has 5 nitrogen and oxygen atoms in total. The minimum absolute atomic E-state index is 0.0815. The van der Waals surface area contributed by atoms with Gasteiger partial charge in [-0.3, -0.25) is 9.69 Å². The summed E-state index contributed by atoms with van der Waals surface area (Å²) in [5, 5.41) is 2.94. The standard InChI is InChI=1S/C23H31N3O2/c1-22(2)14-17-4-3-5-18(20(17)28-22)16-25-10-6-23(7-11-25)8-12-26(13-9-23)21(27)19-15-24-19/h3-5,15,24H,6-14,16H2,1-2H3. The van der Waals surface area contributed by atoms with E-state index in [1.165, 1.54) is 24.0 Å². The summed E-state index contributed by atoms with van der Waals surface area (Å²) < 4.78 is 6.26. The molecule has 0 saturated carbocycles. The Morgan fingerprint density at radius 1 is 1.11 bits per heavy atom. The van der Waals surface area contributed by atoms with E-state index in [9.17, 15) is 4.79 Å². The van der Waals surface area contributed by atoms with E-state index in [1.807, 2.05) is 4.90 Å². The number of carbonyl (C=O) groups is 1. The largest absolute Gasteiger partial charge is 0.487 e. The van der Waals surface area contributed by atoms with Crippen LogP contribution in [-0.4, -0.2) is 47.5 Å². The van der Waals surface area contributed by atoms with Gasteiger partial charge in [-0.1, -0.05) is 18.2 Å². The van der Waals surface area contributed by atoms with Gasteiger partial charge >= 0.3 is 0 Å². The molecule has 0 atom stereocenters. The summed E-state index contributed by atoms with van der Waals surface area (Å²) in [5.41, 5.74) is 3.84. The van der Waals surface area contributed by atoms with Gasteiger partial charge in [0.1, 0.15) is 17.0 Å². The molecule has 0 radical (unpaired) electrons. The topological polar surface area (TPSA) is 54.7 Å². The molecule has 4 aliphatic heterocycles. The normalized spacial score (nSPS) is 24.9. The van der Waals surface area contributed by atoms with Crippen LogP contribution in [0.2, 0.25) is 0 Å². The summed E-state index contributed by atoms with van der Waals surface area (Å²) in [6, 6.07) is 6.62. The van der Waals surface area contributed by atoms with E-state index >= 15 is 0 Å². The third kappa shape index (κ3) is 3.41. The average molecular weight is 382 g/mol. The average Bonchev–Trinajstić information content (AvgIpc) is 3.46. The Morgan fingerprint density at radius 2 is 1.79 bits per heavy atom. The summed E-state index contributed by atoms with van der Waals surface area (Å²) in [6.07, 6.45) is 7.60. The SMILES string of the molecule is CC1(C)Cc2cccc(CN3CCC4(CC3)CCN(C(=O)C3=CN3)CC4)c2O1. The molecule has 4 heterocycles. The van der Waals surface area contributed by atoms with Crippen LogP contribution in [0.1, 0.15) is 50.7 Å². The van der Waals surface area contributed by atoms with E-state index in [2.05, 4.69) is 42.3 Å². The molecule has 5 rings (SSSR count). The van der Waals surface area contributed by atoms with Gasteiger partial charge in [0.15, 0.2) is 0 Å². The van der Waals surface area contributed by atoms with Gasteiger partial charge in [0.25, 0.3) is 5.91 Å². The fraction of sp³-hybridized carbons (Fsp3) is 0.609. The maximum absolute atomic E-state index is 12.2. The number of hydrogen-bond acceptors (Lipinski definition) is 4. The summed E-state index contributed by atoms with van der Waals surface area (Å²) >= 11 is 0. The second kappa shape index (κ2) is 6.51. The molecule has 5 heteroatoms. The second-order valence-corrected chi connectivity index (χ2v) is 9.71. The quantitative estimate of drug-likeness (QED) is 0.874. The summed E-state index contributed by atoms with van der Waals surface area (Å²) in [4.78, 5) is 16.8. The minimum atomic E-state index is -0.0815. The summed E-state index contributed by atoms with van der Waals surface area (Å²) in [5.74, 6) is 1.32. The van der Waals surface area contributed by atoms with E-state index < -0.39 is 0 Å². The number of ether oxygens (including phenoxy) is 1. The van der Waals surface area contributed by atoms with Crippen molar-refractivity contribution in [2.75, 3.05) is 26.2 Å². The first-order valence-corrected chi connectivity index (χ1v) is 10.7. The highest BCUT2D eigenvalue weighted by Gasteiger charge is 2.40. The van der Waals surface area contributed by atoms with Crippen LogP contribution >= 0.6 is 0 Å². The van der Waals surface area contributed by atoms with Crippen molar-refractivity contribution in [1.82, 2.24) is 15.1 Å². The zero-order chi connectivity index (χ0) is 19.4. The number of nitrogens with one attached hydrogen (secondary N) is 1. The fourth-order valence-corrected chi connectivity index (χ4v) is 5.24. The van der Waals surface area contributed by atoms with Crippen molar-refractivity contribution in [3.8, 4) is 5.75 Å². The Labute approximate surface area is 167 Å². The Hall–Kier alpha value is -2.01. The molecule has 0 bridgehead atoms. The van der Waals surface area contributed by atoms with Gasteiger partial charge < -0.3 is 15.0 Å². The number of amides is 1. The van der Waals surface area contributed by atoms with Gasteiger partial charge in [-0.05, 0) is 63.6 Å². The molecule has 1 aromatic rings. The van der Waals surface area contributed by atoms with Crippen LogP contribution in [0.5, 0.6) is 5.75 Å². The van der Waals surface area contributed by atoms with E-state index in [4.69, 9.17) is 4.74 Å². The first-order valence-electron chi connectivity index (χ1n) is 10.7. The molecule has 0 aromatic heterocycles. The molecule has 0 unspecified atom stereocenters. The van der Waals surface area contributed by atoms with Crippen LogP contribution in [0.25, 0.3) is 0 Å². The molecule has 4 aliphatic rings. The Kier molecular flexibility index (Phi) is 4.20. The smallest absolute Gasteiger partial charge is 0.271 e. The summed E-state index contributed by atoms with van der Waals surface area (Å²) in [7, 11) is 0. The van der Waals surface area contributed by atoms with E-state index in [0.717, 1.165) is 63.4 Å². The first-order chi connectivity index (χ1) is 13.4. The number of carbonyl (C=O) groups excluding carboxylic acids is 1. The maximum atomic E-state index is 12.2. The lowest BCUT2D eigenvalue weighted by molar-refractivity contribution is -0.129. The van der Waals surface area contributed by atoms with Crippen molar-refractivity contribution >= 4 is 5.91 Å². The Morgan fingerprint density at radius 3 is 2.46 bits per heavy atom. The van der Waals surface area contributed by atoms with Crippen molar-refractivity contribution < 1.29 is 9.53 Å². The van der Waals surface area contributed by atoms with Crippen LogP contribution in [0, 0.1) is 5.41 Å². The highest BCUT2D eigenvalue weighted by molar-refractivity contribution is 5.96. The number of para-hydroxylation sites is 1. The monoisotopic (exact) mass is 381 g/mol. The molecule has 1 amide bonds.